The first-order valence-electron chi connectivity index (χ1n) is 12.0. The van der Waals surface area contributed by atoms with Crippen molar-refractivity contribution in [3.05, 3.63) is 99.4 Å². The number of carboxylic acids is 1. The number of pyridine rings is 2. The van der Waals surface area contributed by atoms with Crippen LogP contribution in [0.15, 0.2) is 66.9 Å². The second-order valence-corrected chi connectivity index (χ2v) is 9.48. The Morgan fingerprint density at radius 3 is 2.60 bits per heavy atom. The van der Waals surface area contributed by atoms with E-state index >= 15 is 0 Å². The van der Waals surface area contributed by atoms with Crippen molar-refractivity contribution in [3.8, 4) is 5.75 Å². The average molecular weight is 579 g/mol. The predicted octanol–water partition coefficient (Wildman–Crippen LogP) is 5.31. The molecule has 0 atom stereocenters. The molecule has 2 aromatic carbocycles. The lowest BCUT2D eigenvalue weighted by Gasteiger charge is -2.21. The highest BCUT2D eigenvalue weighted by Gasteiger charge is 2.19. The fourth-order valence-corrected chi connectivity index (χ4v) is 4.35. The number of carbonyl (C=O) groups excluding carboxylic acids is 2. The third kappa shape index (κ3) is 6.74. The third-order valence-corrected chi connectivity index (χ3v) is 6.76. The van der Waals surface area contributed by atoms with Crippen molar-refractivity contribution in [2.24, 2.45) is 0 Å². The van der Waals surface area contributed by atoms with E-state index in [1.807, 2.05) is 37.3 Å². The Morgan fingerprint density at radius 2 is 1.88 bits per heavy atom. The third-order valence-electron chi connectivity index (χ3n) is 5.99. The van der Waals surface area contributed by atoms with Gasteiger partial charge in [0.15, 0.2) is 0 Å². The first kappa shape index (κ1) is 28.5. The van der Waals surface area contributed by atoms with Gasteiger partial charge in [-0.1, -0.05) is 47.5 Å². The molecular weight excluding hydrogens is 555 g/mol. The van der Waals surface area contributed by atoms with Crippen LogP contribution in [0, 0.1) is 6.92 Å². The van der Waals surface area contributed by atoms with Crippen LogP contribution in [0.4, 0.5) is 5.69 Å². The maximum absolute atomic E-state index is 12.8. The van der Waals surface area contributed by atoms with Gasteiger partial charge in [0, 0.05) is 35.3 Å². The molecular formula is C29H24Cl2N4O5. The Morgan fingerprint density at radius 1 is 1.10 bits per heavy atom. The number of para-hydroxylation sites is 1. The van der Waals surface area contributed by atoms with Gasteiger partial charge in [0.1, 0.15) is 18.1 Å². The minimum atomic E-state index is -1.14. The van der Waals surface area contributed by atoms with Crippen LogP contribution in [-0.4, -0.2) is 46.5 Å². The van der Waals surface area contributed by atoms with E-state index in [0.717, 1.165) is 10.9 Å². The molecule has 0 saturated heterocycles. The van der Waals surface area contributed by atoms with Crippen molar-refractivity contribution in [3.63, 3.8) is 0 Å². The number of carboxylic acid groups (broad SMARTS) is 1. The van der Waals surface area contributed by atoms with Crippen molar-refractivity contribution in [1.29, 1.82) is 0 Å². The minimum absolute atomic E-state index is 0.0538. The Bertz CT molecular complexity index is 1620. The maximum Gasteiger partial charge on any atom is 0.354 e. The Balaban J connectivity index is 1.39. The van der Waals surface area contributed by atoms with Gasteiger partial charge in [-0.05, 0) is 48.9 Å². The van der Waals surface area contributed by atoms with Gasteiger partial charge in [-0.25, -0.2) is 14.8 Å². The van der Waals surface area contributed by atoms with Crippen LogP contribution in [0.1, 0.15) is 27.3 Å². The van der Waals surface area contributed by atoms with E-state index in [9.17, 15) is 14.4 Å². The minimum Gasteiger partial charge on any atom is -0.487 e. The van der Waals surface area contributed by atoms with Crippen LogP contribution in [0.25, 0.3) is 17.0 Å². The summed E-state index contributed by atoms with van der Waals surface area (Å²) in [6, 6.07) is 15.7. The lowest BCUT2D eigenvalue weighted by atomic mass is 10.1. The fourth-order valence-electron chi connectivity index (χ4n) is 3.74. The summed E-state index contributed by atoms with van der Waals surface area (Å²) < 4.78 is 6.02. The average Bonchev–Trinajstić information content (AvgIpc) is 2.94. The molecule has 2 amide bonds. The molecule has 0 bridgehead atoms. The molecule has 9 nitrogen and oxygen atoms in total. The number of amides is 2. The van der Waals surface area contributed by atoms with E-state index in [4.69, 9.17) is 33.0 Å². The standard InChI is InChI=1S/C29H24Cl2N4O5/c1-17-25(13-19-5-3-4-6-22(19)34-17)40-16-20-21(30)9-11-24(28(20)31)35(2)27(37)15-33-26(36)12-8-18-7-10-23(29(38)39)32-14-18/h3-14H,15-16H2,1-2H3,(H,33,36)(H,38,39)/b12-8+. The molecule has 0 aliphatic rings. The summed E-state index contributed by atoms with van der Waals surface area (Å²) >= 11 is 13.1. The highest BCUT2D eigenvalue weighted by Crippen LogP contribution is 2.35. The van der Waals surface area contributed by atoms with Crippen LogP contribution < -0.4 is 15.0 Å². The Labute approximate surface area is 240 Å². The maximum atomic E-state index is 12.8. The van der Waals surface area contributed by atoms with Crippen LogP contribution in [-0.2, 0) is 16.2 Å². The summed E-state index contributed by atoms with van der Waals surface area (Å²) in [5.41, 5.74) is 2.90. The molecule has 0 aliphatic heterocycles. The number of fused-ring (bicyclic) bond motifs is 1. The number of aryl methyl sites for hydroxylation is 1. The van der Waals surface area contributed by atoms with Crippen LogP contribution >= 0.6 is 23.2 Å². The molecule has 0 fully saturated rings. The van der Waals surface area contributed by atoms with Crippen molar-refractivity contribution in [2.75, 3.05) is 18.5 Å². The summed E-state index contributed by atoms with van der Waals surface area (Å²) in [7, 11) is 1.54. The zero-order valence-corrected chi connectivity index (χ0v) is 23.0. The molecule has 204 valence electrons. The van der Waals surface area contributed by atoms with Crippen LogP contribution in [0.2, 0.25) is 10.0 Å². The normalized spacial score (nSPS) is 11.0. The van der Waals surface area contributed by atoms with E-state index in [-0.39, 0.29) is 23.9 Å². The van der Waals surface area contributed by atoms with Crippen molar-refractivity contribution >= 4 is 63.7 Å². The molecule has 2 N–H and O–H groups in total. The summed E-state index contributed by atoms with van der Waals surface area (Å²) in [6.07, 6.45) is 4.00. The molecule has 2 heterocycles. The first-order chi connectivity index (χ1) is 19.1. The van der Waals surface area contributed by atoms with Crippen LogP contribution in [0.5, 0.6) is 5.75 Å². The van der Waals surface area contributed by atoms with Gasteiger partial charge in [-0.2, -0.15) is 0 Å². The van der Waals surface area contributed by atoms with Gasteiger partial charge < -0.3 is 20.1 Å². The zero-order valence-electron chi connectivity index (χ0n) is 21.5. The molecule has 2 aromatic heterocycles. The van der Waals surface area contributed by atoms with E-state index in [0.29, 0.717) is 33.3 Å². The van der Waals surface area contributed by atoms with E-state index < -0.39 is 17.8 Å². The number of carbonyl (C=O) groups is 3. The number of benzene rings is 2. The summed E-state index contributed by atoms with van der Waals surface area (Å²) in [5.74, 6) is -1.49. The quantitative estimate of drug-likeness (QED) is 0.258. The van der Waals surface area contributed by atoms with E-state index in [2.05, 4.69) is 15.3 Å². The van der Waals surface area contributed by atoms with Crippen molar-refractivity contribution in [2.45, 2.75) is 13.5 Å². The van der Waals surface area contributed by atoms with Gasteiger partial charge in [0.25, 0.3) is 0 Å². The smallest absolute Gasteiger partial charge is 0.354 e. The molecule has 0 unspecified atom stereocenters. The number of hydrogen-bond acceptors (Lipinski definition) is 6. The van der Waals surface area contributed by atoms with Crippen molar-refractivity contribution < 1.29 is 24.2 Å². The zero-order chi connectivity index (χ0) is 28.8. The topological polar surface area (TPSA) is 122 Å². The summed E-state index contributed by atoms with van der Waals surface area (Å²) in [4.78, 5) is 45.6. The number of hydrogen-bond donors (Lipinski definition) is 2. The molecule has 4 aromatic rings. The molecule has 0 saturated carbocycles. The van der Waals surface area contributed by atoms with Crippen LogP contribution in [0.3, 0.4) is 0 Å². The van der Waals surface area contributed by atoms with Gasteiger partial charge in [0.2, 0.25) is 11.8 Å². The highest BCUT2D eigenvalue weighted by atomic mass is 35.5. The highest BCUT2D eigenvalue weighted by molar-refractivity contribution is 6.38. The number of aromatic carboxylic acids is 1. The van der Waals surface area contributed by atoms with Gasteiger partial charge in [-0.15, -0.1) is 0 Å². The van der Waals surface area contributed by atoms with Crippen molar-refractivity contribution in [1.82, 2.24) is 15.3 Å². The molecule has 0 aliphatic carbocycles. The number of nitrogens with zero attached hydrogens (tertiary/aromatic N) is 3. The fraction of sp³-hybridized carbons (Fsp3) is 0.138. The Hall–Kier alpha value is -4.47. The number of ether oxygens (including phenoxy) is 1. The first-order valence-corrected chi connectivity index (χ1v) is 12.8. The second-order valence-electron chi connectivity index (χ2n) is 8.70. The molecule has 11 heteroatoms. The number of rotatable bonds is 9. The molecule has 0 spiro atoms. The molecule has 0 radical (unpaired) electrons. The largest absolute Gasteiger partial charge is 0.487 e. The predicted molar refractivity (Wildman–Crippen MR) is 154 cm³/mol. The molecule has 40 heavy (non-hydrogen) atoms. The number of anilines is 1. The number of halogens is 2. The number of likely N-dealkylation sites (N-methyl/N-ethyl adjacent to an activating group) is 1. The monoisotopic (exact) mass is 578 g/mol. The number of aromatic nitrogens is 2. The SMILES string of the molecule is Cc1nc2ccccc2cc1OCc1c(Cl)ccc(N(C)C(=O)CNC(=O)/C=C/c2ccc(C(=O)O)nc2)c1Cl. The Kier molecular flexibility index (Phi) is 8.98. The number of nitrogens with one attached hydrogen (secondary N) is 1. The van der Waals surface area contributed by atoms with E-state index in [1.165, 1.54) is 42.4 Å². The summed E-state index contributed by atoms with van der Waals surface area (Å²) in [6.45, 7) is 1.62. The van der Waals surface area contributed by atoms with Gasteiger partial charge in [0.05, 0.1) is 28.5 Å². The molecule has 4 rings (SSSR count). The van der Waals surface area contributed by atoms with E-state index in [1.54, 1.807) is 12.1 Å². The second kappa shape index (κ2) is 12.6. The lowest BCUT2D eigenvalue weighted by molar-refractivity contribution is -0.122. The lowest BCUT2D eigenvalue weighted by Crippen LogP contribution is -2.37. The van der Waals surface area contributed by atoms with Gasteiger partial charge >= 0.3 is 5.97 Å². The van der Waals surface area contributed by atoms with Gasteiger partial charge in [-0.3, -0.25) is 9.59 Å². The summed E-state index contributed by atoms with van der Waals surface area (Å²) in [5, 5.41) is 13.0.